The monoisotopic (exact) mass is 318 g/mol. The van der Waals surface area contributed by atoms with E-state index in [9.17, 15) is 14.4 Å². The Labute approximate surface area is 133 Å². The van der Waals surface area contributed by atoms with Gasteiger partial charge >= 0.3 is 18.1 Å². The molecule has 1 unspecified atom stereocenters. The minimum absolute atomic E-state index is 0.184. The van der Waals surface area contributed by atoms with Crippen LogP contribution in [-0.2, 0) is 14.3 Å². The number of hydrogen-bond donors (Lipinski definition) is 1. The van der Waals surface area contributed by atoms with E-state index in [0.717, 1.165) is 4.90 Å². The van der Waals surface area contributed by atoms with Crippen LogP contribution in [0.15, 0.2) is 41.6 Å². The minimum atomic E-state index is -0.906. The van der Waals surface area contributed by atoms with E-state index in [4.69, 9.17) is 4.74 Å². The Balaban J connectivity index is 2.60. The first-order chi connectivity index (χ1) is 11.0. The lowest BCUT2D eigenvalue weighted by Crippen LogP contribution is -2.51. The van der Waals surface area contributed by atoms with Crippen LogP contribution in [0.2, 0.25) is 0 Å². The molecular weight excluding hydrogens is 300 g/mol. The highest BCUT2D eigenvalue weighted by atomic mass is 16.5. The van der Waals surface area contributed by atoms with E-state index < -0.39 is 24.1 Å². The SMILES string of the molecule is CCOC(=O)C1=C(C)NC(=O)N(C(=O)OC)C1c1ccccc1. The van der Waals surface area contributed by atoms with Crippen molar-refractivity contribution < 1.29 is 23.9 Å². The van der Waals surface area contributed by atoms with Crippen LogP contribution in [0.5, 0.6) is 0 Å². The number of benzene rings is 1. The van der Waals surface area contributed by atoms with Gasteiger partial charge in [-0.15, -0.1) is 0 Å². The number of carbonyl (C=O) groups excluding carboxylic acids is 3. The third-order valence-corrected chi connectivity index (χ3v) is 3.43. The summed E-state index contributed by atoms with van der Waals surface area (Å²) in [4.78, 5) is 37.5. The van der Waals surface area contributed by atoms with Gasteiger partial charge in [-0.1, -0.05) is 30.3 Å². The molecular formula is C16H18N2O5. The molecule has 0 radical (unpaired) electrons. The Bertz CT molecular complexity index is 654. The number of nitrogens with zero attached hydrogens (tertiary/aromatic N) is 1. The first kappa shape index (κ1) is 16.5. The summed E-state index contributed by atoms with van der Waals surface area (Å²) in [5.74, 6) is -0.590. The smallest absolute Gasteiger partial charge is 0.418 e. The minimum Gasteiger partial charge on any atom is -0.463 e. The van der Waals surface area contributed by atoms with Crippen molar-refractivity contribution in [1.82, 2.24) is 10.2 Å². The van der Waals surface area contributed by atoms with Gasteiger partial charge in [0.1, 0.15) is 6.04 Å². The molecule has 1 atom stereocenters. The van der Waals surface area contributed by atoms with E-state index in [1.807, 2.05) is 0 Å². The molecule has 2 rings (SSSR count). The van der Waals surface area contributed by atoms with E-state index in [0.29, 0.717) is 11.3 Å². The number of hydrogen-bond acceptors (Lipinski definition) is 5. The van der Waals surface area contributed by atoms with Crippen molar-refractivity contribution in [2.45, 2.75) is 19.9 Å². The molecule has 7 nitrogen and oxygen atoms in total. The highest BCUT2D eigenvalue weighted by Gasteiger charge is 2.42. The Morgan fingerprint density at radius 2 is 1.91 bits per heavy atom. The topological polar surface area (TPSA) is 84.9 Å². The molecule has 7 heteroatoms. The highest BCUT2D eigenvalue weighted by Crippen LogP contribution is 2.34. The first-order valence-corrected chi connectivity index (χ1v) is 7.12. The lowest BCUT2D eigenvalue weighted by Gasteiger charge is -2.35. The average Bonchev–Trinajstić information content (AvgIpc) is 2.54. The molecule has 3 amide bonds. The number of ether oxygens (including phenoxy) is 2. The molecule has 0 bridgehead atoms. The van der Waals surface area contributed by atoms with Crippen molar-refractivity contribution in [3.8, 4) is 0 Å². The maximum atomic E-state index is 12.3. The molecule has 1 N–H and O–H groups in total. The third-order valence-electron chi connectivity index (χ3n) is 3.43. The molecule has 0 aromatic heterocycles. The van der Waals surface area contributed by atoms with Crippen LogP contribution in [0.3, 0.4) is 0 Å². The molecule has 0 saturated heterocycles. The number of rotatable bonds is 3. The molecule has 23 heavy (non-hydrogen) atoms. The molecule has 1 aliphatic heterocycles. The Morgan fingerprint density at radius 3 is 2.48 bits per heavy atom. The summed E-state index contributed by atoms with van der Waals surface area (Å²) in [7, 11) is 1.17. The summed E-state index contributed by atoms with van der Waals surface area (Å²) in [5, 5.41) is 2.50. The van der Waals surface area contributed by atoms with Crippen molar-refractivity contribution in [3.63, 3.8) is 0 Å². The molecule has 0 saturated carbocycles. The molecule has 0 fully saturated rings. The predicted molar refractivity (Wildman–Crippen MR) is 81.3 cm³/mol. The van der Waals surface area contributed by atoms with Crippen molar-refractivity contribution >= 4 is 18.1 Å². The number of imide groups is 1. The largest absolute Gasteiger partial charge is 0.463 e. The number of urea groups is 1. The third kappa shape index (κ3) is 3.18. The fourth-order valence-electron chi connectivity index (χ4n) is 2.45. The van der Waals surface area contributed by atoms with Crippen LogP contribution in [0.1, 0.15) is 25.5 Å². The lowest BCUT2D eigenvalue weighted by molar-refractivity contribution is -0.139. The van der Waals surface area contributed by atoms with Crippen LogP contribution in [0.4, 0.5) is 9.59 Å². The highest BCUT2D eigenvalue weighted by molar-refractivity contribution is 6.00. The van der Waals surface area contributed by atoms with E-state index in [2.05, 4.69) is 10.1 Å². The molecule has 0 aliphatic carbocycles. The Kier molecular flexibility index (Phi) is 5.00. The van der Waals surface area contributed by atoms with Crippen molar-refractivity contribution in [2.75, 3.05) is 13.7 Å². The van der Waals surface area contributed by atoms with E-state index in [-0.39, 0.29) is 12.2 Å². The van der Waals surface area contributed by atoms with Crippen molar-refractivity contribution in [2.24, 2.45) is 0 Å². The van der Waals surface area contributed by atoms with Gasteiger partial charge in [-0.2, -0.15) is 0 Å². The predicted octanol–water partition coefficient (Wildman–Crippen LogP) is 2.36. The van der Waals surface area contributed by atoms with Crippen LogP contribution >= 0.6 is 0 Å². The summed E-state index contributed by atoms with van der Waals surface area (Å²) in [6, 6.07) is 7.21. The maximum absolute atomic E-state index is 12.3. The summed E-state index contributed by atoms with van der Waals surface area (Å²) in [6.07, 6.45) is -0.856. The zero-order valence-corrected chi connectivity index (χ0v) is 13.2. The van der Waals surface area contributed by atoms with Gasteiger partial charge in [-0.3, -0.25) is 0 Å². The Hall–Kier alpha value is -2.83. The summed E-state index contributed by atoms with van der Waals surface area (Å²) < 4.78 is 9.76. The van der Waals surface area contributed by atoms with Gasteiger partial charge in [-0.05, 0) is 19.4 Å². The number of methoxy groups -OCH3 is 1. The molecule has 1 aliphatic rings. The van der Waals surface area contributed by atoms with Gasteiger partial charge in [0.2, 0.25) is 0 Å². The lowest BCUT2D eigenvalue weighted by atomic mass is 9.94. The summed E-state index contributed by atoms with van der Waals surface area (Å²) in [5.41, 5.74) is 1.15. The van der Waals surface area contributed by atoms with Gasteiger partial charge in [0.25, 0.3) is 0 Å². The van der Waals surface area contributed by atoms with Gasteiger partial charge in [0.15, 0.2) is 0 Å². The van der Waals surface area contributed by atoms with E-state index >= 15 is 0 Å². The second-order valence-electron chi connectivity index (χ2n) is 4.84. The van der Waals surface area contributed by atoms with Gasteiger partial charge < -0.3 is 14.8 Å². The molecule has 0 spiro atoms. The summed E-state index contributed by atoms with van der Waals surface area (Å²) >= 11 is 0. The van der Waals surface area contributed by atoms with Gasteiger partial charge in [0.05, 0.1) is 19.3 Å². The van der Waals surface area contributed by atoms with Crippen molar-refractivity contribution in [3.05, 3.63) is 47.2 Å². The number of amides is 3. The van der Waals surface area contributed by atoms with Crippen LogP contribution < -0.4 is 5.32 Å². The average molecular weight is 318 g/mol. The number of carbonyl (C=O) groups is 3. The second-order valence-corrected chi connectivity index (χ2v) is 4.84. The number of allylic oxidation sites excluding steroid dienone is 1. The standard InChI is InChI=1S/C16H18N2O5/c1-4-23-14(19)12-10(2)17-15(20)18(16(21)22-3)13(12)11-8-6-5-7-9-11/h5-9,13H,4H2,1-3H3,(H,17,20). The number of esters is 1. The zero-order chi connectivity index (χ0) is 17.0. The van der Waals surface area contributed by atoms with Crippen LogP contribution in [0.25, 0.3) is 0 Å². The fraction of sp³-hybridized carbons (Fsp3) is 0.312. The van der Waals surface area contributed by atoms with E-state index in [1.165, 1.54) is 7.11 Å². The van der Waals surface area contributed by atoms with E-state index in [1.54, 1.807) is 44.2 Å². The fourth-order valence-corrected chi connectivity index (χ4v) is 2.45. The van der Waals surface area contributed by atoms with Gasteiger partial charge in [0, 0.05) is 5.70 Å². The molecule has 1 heterocycles. The molecule has 1 aromatic rings. The quantitative estimate of drug-likeness (QED) is 0.865. The normalized spacial score (nSPS) is 17.6. The zero-order valence-electron chi connectivity index (χ0n) is 13.2. The van der Waals surface area contributed by atoms with Crippen LogP contribution in [0, 0.1) is 0 Å². The van der Waals surface area contributed by atoms with Gasteiger partial charge in [-0.25, -0.2) is 19.3 Å². The summed E-state index contributed by atoms with van der Waals surface area (Å²) in [6.45, 7) is 3.46. The van der Waals surface area contributed by atoms with Crippen LogP contribution in [-0.4, -0.2) is 36.7 Å². The molecule has 122 valence electrons. The van der Waals surface area contributed by atoms with Crippen molar-refractivity contribution in [1.29, 1.82) is 0 Å². The first-order valence-electron chi connectivity index (χ1n) is 7.12. The second kappa shape index (κ2) is 6.95. The molecule has 1 aromatic carbocycles. The number of nitrogens with one attached hydrogen (secondary N) is 1. The Morgan fingerprint density at radius 1 is 1.26 bits per heavy atom. The maximum Gasteiger partial charge on any atom is 0.418 e.